The van der Waals surface area contributed by atoms with Crippen molar-refractivity contribution < 1.29 is 14.1 Å². The molecule has 7 nitrogen and oxygen atoms in total. The van der Waals surface area contributed by atoms with Crippen LogP contribution in [0.15, 0.2) is 12.1 Å². The van der Waals surface area contributed by atoms with Crippen LogP contribution in [0.25, 0.3) is 0 Å². The van der Waals surface area contributed by atoms with Crippen LogP contribution in [0.5, 0.6) is 0 Å². The third-order valence-corrected chi connectivity index (χ3v) is 3.71. The van der Waals surface area contributed by atoms with Gasteiger partial charge in [0.05, 0.1) is 16.7 Å². The minimum absolute atomic E-state index is 0.00792. The molecule has 2 atom stereocenters. The molecule has 0 aliphatic heterocycles. The predicted molar refractivity (Wildman–Crippen MR) is 75.1 cm³/mol. The first kappa shape index (κ1) is 15.2. The Morgan fingerprint density at radius 1 is 1.48 bits per heavy atom. The van der Waals surface area contributed by atoms with Crippen molar-refractivity contribution in [2.45, 2.75) is 32.2 Å². The van der Waals surface area contributed by atoms with Gasteiger partial charge in [-0.15, -0.1) is 0 Å². The number of nitro benzene ring substituents is 1. The third-order valence-electron chi connectivity index (χ3n) is 3.71. The molecule has 2 unspecified atom stereocenters. The second kappa shape index (κ2) is 6.04. The lowest BCUT2D eigenvalue weighted by Crippen LogP contribution is -2.33. The molecule has 0 spiro atoms. The summed E-state index contributed by atoms with van der Waals surface area (Å²) in [5.74, 6) is 4.18. The Bertz CT molecular complexity index is 579. The number of carbonyl (C=O) groups is 1. The van der Waals surface area contributed by atoms with Crippen LogP contribution in [0.1, 0.15) is 36.5 Å². The molecule has 1 aromatic carbocycles. The molecule has 2 rings (SSSR count). The van der Waals surface area contributed by atoms with Gasteiger partial charge in [0.2, 0.25) is 0 Å². The molecule has 1 aromatic rings. The molecule has 1 fully saturated rings. The Kier molecular flexibility index (Phi) is 4.37. The molecule has 8 heteroatoms. The lowest BCUT2D eigenvalue weighted by atomic mass is 10.1. The summed E-state index contributed by atoms with van der Waals surface area (Å²) >= 11 is 0. The number of anilines is 1. The number of hydrogen-bond donors (Lipinski definition) is 3. The van der Waals surface area contributed by atoms with Gasteiger partial charge in [0.1, 0.15) is 5.56 Å². The topological polar surface area (TPSA) is 110 Å². The van der Waals surface area contributed by atoms with E-state index in [0.717, 1.165) is 25.3 Å². The molecule has 0 radical (unpaired) electrons. The first-order valence-corrected chi connectivity index (χ1v) is 6.67. The minimum Gasteiger partial charge on any atom is -0.349 e. The average Bonchev–Trinajstić information content (AvgIpc) is 2.83. The number of nitrogens with two attached hydrogens (primary N) is 1. The number of halogens is 1. The molecule has 0 heterocycles. The van der Waals surface area contributed by atoms with Gasteiger partial charge in [0, 0.05) is 6.04 Å². The zero-order valence-corrected chi connectivity index (χ0v) is 11.6. The molecule has 1 amide bonds. The van der Waals surface area contributed by atoms with Crippen LogP contribution in [-0.4, -0.2) is 16.9 Å². The third kappa shape index (κ3) is 3.27. The highest BCUT2D eigenvalue weighted by Crippen LogP contribution is 2.28. The van der Waals surface area contributed by atoms with E-state index in [1.807, 2.05) is 0 Å². The van der Waals surface area contributed by atoms with Gasteiger partial charge >= 0.3 is 0 Å². The van der Waals surface area contributed by atoms with Gasteiger partial charge in [0.15, 0.2) is 5.82 Å². The zero-order valence-electron chi connectivity index (χ0n) is 11.6. The van der Waals surface area contributed by atoms with E-state index in [4.69, 9.17) is 5.84 Å². The predicted octanol–water partition coefficient (Wildman–Crippen LogP) is 1.94. The minimum atomic E-state index is -0.879. The van der Waals surface area contributed by atoms with E-state index in [-0.39, 0.29) is 17.3 Å². The number of nitrogens with one attached hydrogen (secondary N) is 2. The van der Waals surface area contributed by atoms with Crippen molar-refractivity contribution in [3.8, 4) is 0 Å². The summed E-state index contributed by atoms with van der Waals surface area (Å²) in [4.78, 5) is 22.4. The fourth-order valence-electron chi connectivity index (χ4n) is 2.61. The molecule has 1 aliphatic carbocycles. The van der Waals surface area contributed by atoms with Crippen LogP contribution in [0.3, 0.4) is 0 Å². The average molecular weight is 296 g/mol. The number of amides is 1. The smallest absolute Gasteiger partial charge is 0.285 e. The van der Waals surface area contributed by atoms with Crippen molar-refractivity contribution in [1.82, 2.24) is 5.32 Å². The van der Waals surface area contributed by atoms with Crippen LogP contribution >= 0.6 is 0 Å². The maximum Gasteiger partial charge on any atom is 0.285 e. The van der Waals surface area contributed by atoms with E-state index in [2.05, 4.69) is 17.7 Å². The van der Waals surface area contributed by atoms with Crippen molar-refractivity contribution in [3.63, 3.8) is 0 Å². The molecule has 4 N–H and O–H groups in total. The second-order valence-electron chi connectivity index (χ2n) is 5.34. The van der Waals surface area contributed by atoms with Gasteiger partial charge in [-0.05, 0) is 31.2 Å². The first-order chi connectivity index (χ1) is 9.92. The number of carbonyl (C=O) groups excluding carboxylic acids is 1. The summed E-state index contributed by atoms with van der Waals surface area (Å²) < 4.78 is 13.5. The number of benzene rings is 1. The first-order valence-electron chi connectivity index (χ1n) is 6.67. The van der Waals surface area contributed by atoms with Crippen LogP contribution < -0.4 is 16.6 Å². The quantitative estimate of drug-likeness (QED) is 0.447. The summed E-state index contributed by atoms with van der Waals surface area (Å²) in [7, 11) is 0. The Balaban J connectivity index is 2.28. The van der Waals surface area contributed by atoms with Gasteiger partial charge < -0.3 is 10.7 Å². The number of hydrazine groups is 1. The standard InChI is InChI=1S/C13H17FN4O3/c1-7-2-3-8(4-7)16-13(19)9-5-11(17-15)10(14)6-12(9)18(20)21/h5-8,17H,2-4,15H2,1H3,(H,16,19). The van der Waals surface area contributed by atoms with Crippen molar-refractivity contribution in [3.05, 3.63) is 33.6 Å². The van der Waals surface area contributed by atoms with Crippen molar-refractivity contribution in [2.75, 3.05) is 5.43 Å². The zero-order chi connectivity index (χ0) is 15.6. The van der Waals surface area contributed by atoms with E-state index in [9.17, 15) is 19.3 Å². The highest BCUT2D eigenvalue weighted by Gasteiger charge is 2.27. The lowest BCUT2D eigenvalue weighted by molar-refractivity contribution is -0.385. The van der Waals surface area contributed by atoms with E-state index >= 15 is 0 Å². The Morgan fingerprint density at radius 3 is 2.71 bits per heavy atom. The summed E-state index contributed by atoms with van der Waals surface area (Å²) in [6.45, 7) is 2.09. The molecule has 1 aliphatic rings. The molecule has 0 bridgehead atoms. The van der Waals surface area contributed by atoms with Gasteiger partial charge in [-0.1, -0.05) is 6.92 Å². The Hall–Kier alpha value is -2.22. The molecule has 1 saturated carbocycles. The van der Waals surface area contributed by atoms with Gasteiger partial charge in [-0.3, -0.25) is 20.8 Å². The molecular formula is C13H17FN4O3. The molecular weight excluding hydrogens is 279 g/mol. The van der Waals surface area contributed by atoms with Crippen LogP contribution in [0, 0.1) is 21.8 Å². The fourth-order valence-corrected chi connectivity index (χ4v) is 2.61. The van der Waals surface area contributed by atoms with Gasteiger partial charge in [0.25, 0.3) is 11.6 Å². The van der Waals surface area contributed by atoms with E-state index in [0.29, 0.717) is 12.0 Å². The maximum absolute atomic E-state index is 13.5. The largest absolute Gasteiger partial charge is 0.349 e. The van der Waals surface area contributed by atoms with Crippen molar-refractivity contribution >= 4 is 17.3 Å². The summed E-state index contributed by atoms with van der Waals surface area (Å²) in [6.07, 6.45) is 2.68. The SMILES string of the molecule is CC1CCC(NC(=O)c2cc(NN)c(F)cc2[N+](=O)[O-])C1. The summed E-state index contributed by atoms with van der Waals surface area (Å²) in [5, 5.41) is 13.7. The lowest BCUT2D eigenvalue weighted by Gasteiger charge is -2.13. The molecule has 21 heavy (non-hydrogen) atoms. The summed E-state index contributed by atoms with van der Waals surface area (Å²) in [5.41, 5.74) is 1.14. The highest BCUT2D eigenvalue weighted by molar-refractivity contribution is 5.99. The van der Waals surface area contributed by atoms with Crippen LogP contribution in [0.4, 0.5) is 15.8 Å². The van der Waals surface area contributed by atoms with Crippen molar-refractivity contribution in [1.29, 1.82) is 0 Å². The molecule has 114 valence electrons. The number of nitrogens with zero attached hydrogens (tertiary/aromatic N) is 1. The van der Waals surface area contributed by atoms with E-state index in [1.54, 1.807) is 0 Å². The highest BCUT2D eigenvalue weighted by atomic mass is 19.1. The second-order valence-corrected chi connectivity index (χ2v) is 5.34. The summed E-state index contributed by atoms with van der Waals surface area (Å²) in [6, 6.07) is 1.74. The normalized spacial score (nSPS) is 21.1. The van der Waals surface area contributed by atoms with Crippen LogP contribution in [-0.2, 0) is 0 Å². The number of nitrogen functional groups attached to an aromatic ring is 1. The Morgan fingerprint density at radius 2 is 2.19 bits per heavy atom. The number of nitro groups is 1. The van der Waals surface area contributed by atoms with Crippen molar-refractivity contribution in [2.24, 2.45) is 11.8 Å². The monoisotopic (exact) mass is 296 g/mol. The number of rotatable bonds is 4. The van der Waals surface area contributed by atoms with E-state index in [1.165, 1.54) is 0 Å². The van der Waals surface area contributed by atoms with Gasteiger partial charge in [-0.25, -0.2) is 4.39 Å². The maximum atomic E-state index is 13.5. The van der Waals surface area contributed by atoms with Crippen LogP contribution in [0.2, 0.25) is 0 Å². The molecule has 0 saturated heterocycles. The molecule has 0 aromatic heterocycles. The Labute approximate surface area is 120 Å². The van der Waals surface area contributed by atoms with Gasteiger partial charge in [-0.2, -0.15) is 0 Å². The van der Waals surface area contributed by atoms with E-state index < -0.39 is 22.3 Å². The number of hydrogen-bond acceptors (Lipinski definition) is 5. The fraction of sp³-hybridized carbons (Fsp3) is 0.462.